The molecule has 2 aromatic rings. The highest BCUT2D eigenvalue weighted by Crippen LogP contribution is 2.42. The Morgan fingerprint density at radius 2 is 1.95 bits per heavy atom. The molecule has 0 N–H and O–H groups in total. The van der Waals surface area contributed by atoms with Crippen molar-refractivity contribution in [2.75, 3.05) is 10.7 Å². The maximum Gasteiger partial charge on any atom is 0.269 e. The van der Waals surface area contributed by atoms with Crippen LogP contribution in [0.3, 0.4) is 0 Å². The van der Waals surface area contributed by atoms with Crippen molar-refractivity contribution < 1.29 is 9.72 Å². The van der Waals surface area contributed by atoms with Gasteiger partial charge in [-0.3, -0.25) is 19.8 Å². The summed E-state index contributed by atoms with van der Waals surface area (Å²) < 4.78 is 0.933. The first kappa shape index (κ1) is 15.1. The standard InChI is InChI=1S/C15H11BrN2O3S/c16-11-4-6-12(7-5-11)17-14(19)9-22-15(17)10-2-1-3-13(8-10)18(20)21/h1-8,15H,9H2/t15-/m0/s1. The normalized spacial score (nSPS) is 17.8. The fourth-order valence-electron chi connectivity index (χ4n) is 2.34. The second-order valence-electron chi connectivity index (χ2n) is 4.76. The summed E-state index contributed by atoms with van der Waals surface area (Å²) in [7, 11) is 0. The van der Waals surface area contributed by atoms with Crippen LogP contribution in [0, 0.1) is 10.1 Å². The van der Waals surface area contributed by atoms with E-state index in [4.69, 9.17) is 0 Å². The molecule has 1 aliphatic heterocycles. The molecule has 0 unspecified atom stereocenters. The number of nitro benzene ring substituents is 1. The molecule has 0 spiro atoms. The molecule has 1 heterocycles. The highest BCUT2D eigenvalue weighted by molar-refractivity contribution is 9.10. The molecule has 1 fully saturated rings. The van der Waals surface area contributed by atoms with Gasteiger partial charge in [-0.15, -0.1) is 11.8 Å². The topological polar surface area (TPSA) is 63.4 Å². The lowest BCUT2D eigenvalue weighted by atomic mass is 10.1. The van der Waals surface area contributed by atoms with E-state index in [1.54, 1.807) is 11.0 Å². The molecule has 3 rings (SSSR count). The summed E-state index contributed by atoms with van der Waals surface area (Å²) in [6.45, 7) is 0. The largest absolute Gasteiger partial charge is 0.295 e. The minimum atomic E-state index is -0.422. The van der Waals surface area contributed by atoms with Gasteiger partial charge in [0.1, 0.15) is 5.37 Å². The van der Waals surface area contributed by atoms with Crippen LogP contribution in [0.2, 0.25) is 0 Å². The second-order valence-corrected chi connectivity index (χ2v) is 6.74. The van der Waals surface area contributed by atoms with Crippen LogP contribution in [-0.2, 0) is 4.79 Å². The molecule has 7 heteroatoms. The molecule has 0 saturated carbocycles. The van der Waals surface area contributed by atoms with E-state index < -0.39 is 4.92 Å². The number of carbonyl (C=O) groups excluding carboxylic acids is 1. The van der Waals surface area contributed by atoms with Crippen molar-refractivity contribution in [3.63, 3.8) is 0 Å². The van der Waals surface area contributed by atoms with Crippen LogP contribution in [0.4, 0.5) is 11.4 Å². The van der Waals surface area contributed by atoms with E-state index in [-0.39, 0.29) is 17.0 Å². The molecule has 0 aliphatic carbocycles. The predicted molar refractivity (Wildman–Crippen MR) is 89.9 cm³/mol. The molecular formula is C15H11BrN2O3S. The molecular weight excluding hydrogens is 368 g/mol. The minimum absolute atomic E-state index is 0.00354. The van der Waals surface area contributed by atoms with Crippen molar-refractivity contribution in [2.24, 2.45) is 0 Å². The van der Waals surface area contributed by atoms with E-state index >= 15 is 0 Å². The van der Waals surface area contributed by atoms with Crippen LogP contribution in [0.15, 0.2) is 53.0 Å². The quantitative estimate of drug-likeness (QED) is 0.594. The number of halogens is 1. The second kappa shape index (κ2) is 6.10. The third-order valence-corrected chi connectivity index (χ3v) is 5.08. The molecule has 112 valence electrons. The van der Waals surface area contributed by atoms with E-state index in [9.17, 15) is 14.9 Å². The number of thioether (sulfide) groups is 1. The number of hydrogen-bond donors (Lipinski definition) is 0. The predicted octanol–water partition coefficient (Wildman–Crippen LogP) is 4.14. The van der Waals surface area contributed by atoms with Crippen LogP contribution in [0.25, 0.3) is 0 Å². The van der Waals surface area contributed by atoms with E-state index in [2.05, 4.69) is 15.9 Å². The van der Waals surface area contributed by atoms with Crippen LogP contribution in [-0.4, -0.2) is 16.6 Å². The highest BCUT2D eigenvalue weighted by atomic mass is 79.9. The Labute approximate surface area is 139 Å². The van der Waals surface area contributed by atoms with Crippen molar-refractivity contribution in [2.45, 2.75) is 5.37 Å². The Kier molecular flexibility index (Phi) is 4.17. The van der Waals surface area contributed by atoms with Gasteiger partial charge >= 0.3 is 0 Å². The van der Waals surface area contributed by atoms with E-state index in [1.165, 1.54) is 23.9 Å². The monoisotopic (exact) mass is 378 g/mol. The zero-order valence-electron chi connectivity index (χ0n) is 11.3. The molecule has 1 atom stereocenters. The molecule has 22 heavy (non-hydrogen) atoms. The Hall–Kier alpha value is -1.86. The highest BCUT2D eigenvalue weighted by Gasteiger charge is 2.34. The third-order valence-electron chi connectivity index (χ3n) is 3.34. The smallest absolute Gasteiger partial charge is 0.269 e. The Bertz CT molecular complexity index is 736. The van der Waals surface area contributed by atoms with Gasteiger partial charge in [0.25, 0.3) is 5.69 Å². The fraction of sp³-hybridized carbons (Fsp3) is 0.133. The summed E-state index contributed by atoms with van der Waals surface area (Å²) in [5.74, 6) is 0.368. The number of nitro groups is 1. The van der Waals surface area contributed by atoms with E-state index in [0.29, 0.717) is 5.75 Å². The first-order valence-corrected chi connectivity index (χ1v) is 8.34. The SMILES string of the molecule is O=C1CS[C@@H](c2cccc([N+](=O)[O-])c2)N1c1ccc(Br)cc1. The third kappa shape index (κ3) is 2.86. The lowest BCUT2D eigenvalue weighted by Gasteiger charge is -2.24. The summed E-state index contributed by atoms with van der Waals surface area (Å²) in [4.78, 5) is 24.4. The summed E-state index contributed by atoms with van der Waals surface area (Å²) in [5, 5.41) is 10.7. The molecule has 1 saturated heterocycles. The first-order valence-electron chi connectivity index (χ1n) is 6.50. The summed E-state index contributed by atoms with van der Waals surface area (Å²) in [6.07, 6.45) is 0. The number of non-ortho nitro benzene ring substituents is 1. The van der Waals surface area contributed by atoms with Crippen LogP contribution < -0.4 is 4.90 Å². The lowest BCUT2D eigenvalue weighted by molar-refractivity contribution is -0.384. The number of rotatable bonds is 3. The summed E-state index contributed by atoms with van der Waals surface area (Å²) in [5.41, 5.74) is 1.58. The zero-order chi connectivity index (χ0) is 15.7. The van der Waals surface area contributed by atoms with Gasteiger partial charge < -0.3 is 0 Å². The fourth-order valence-corrected chi connectivity index (χ4v) is 3.77. The first-order chi connectivity index (χ1) is 10.6. The molecule has 0 bridgehead atoms. The van der Waals surface area contributed by atoms with Gasteiger partial charge in [0.2, 0.25) is 5.91 Å². The number of nitrogens with zero attached hydrogens (tertiary/aromatic N) is 2. The Morgan fingerprint density at radius 1 is 1.23 bits per heavy atom. The lowest BCUT2D eigenvalue weighted by Crippen LogP contribution is -2.27. The van der Waals surface area contributed by atoms with Gasteiger partial charge in [-0.05, 0) is 29.8 Å². The van der Waals surface area contributed by atoms with E-state index in [1.807, 2.05) is 30.3 Å². The van der Waals surface area contributed by atoms with Crippen molar-refractivity contribution in [3.05, 3.63) is 68.7 Å². The van der Waals surface area contributed by atoms with Gasteiger partial charge in [0, 0.05) is 22.3 Å². The van der Waals surface area contributed by atoms with Crippen LogP contribution >= 0.6 is 27.7 Å². The summed E-state index contributed by atoms with van der Waals surface area (Å²) in [6, 6.07) is 13.9. The average molecular weight is 379 g/mol. The minimum Gasteiger partial charge on any atom is -0.295 e. The van der Waals surface area contributed by atoms with Gasteiger partial charge in [-0.25, -0.2) is 0 Å². The van der Waals surface area contributed by atoms with Crippen molar-refractivity contribution in [1.82, 2.24) is 0 Å². The number of carbonyl (C=O) groups is 1. The average Bonchev–Trinajstić information content (AvgIpc) is 2.90. The molecule has 1 aliphatic rings. The molecule has 5 nitrogen and oxygen atoms in total. The van der Waals surface area contributed by atoms with Crippen molar-refractivity contribution in [3.8, 4) is 0 Å². The van der Waals surface area contributed by atoms with E-state index in [0.717, 1.165) is 15.7 Å². The van der Waals surface area contributed by atoms with Crippen LogP contribution in [0.5, 0.6) is 0 Å². The molecule has 0 aromatic heterocycles. The number of anilines is 1. The van der Waals surface area contributed by atoms with Crippen molar-refractivity contribution in [1.29, 1.82) is 0 Å². The summed E-state index contributed by atoms with van der Waals surface area (Å²) >= 11 is 4.84. The Balaban J connectivity index is 1.98. The zero-order valence-corrected chi connectivity index (χ0v) is 13.7. The number of amides is 1. The molecule has 1 amide bonds. The Morgan fingerprint density at radius 3 is 2.64 bits per heavy atom. The van der Waals surface area contributed by atoms with Crippen molar-refractivity contribution >= 4 is 45.0 Å². The maximum absolute atomic E-state index is 12.2. The number of hydrogen-bond acceptors (Lipinski definition) is 4. The number of benzene rings is 2. The van der Waals surface area contributed by atoms with Gasteiger partial charge in [0.05, 0.1) is 10.7 Å². The van der Waals surface area contributed by atoms with Gasteiger partial charge in [0.15, 0.2) is 0 Å². The van der Waals surface area contributed by atoms with Gasteiger partial charge in [-0.2, -0.15) is 0 Å². The molecule has 0 radical (unpaired) electrons. The van der Waals surface area contributed by atoms with Gasteiger partial charge in [-0.1, -0.05) is 28.1 Å². The maximum atomic E-state index is 12.2. The molecule has 2 aromatic carbocycles. The van der Waals surface area contributed by atoms with Crippen LogP contribution in [0.1, 0.15) is 10.9 Å².